The molecule has 0 saturated carbocycles. The molecular formula is C9H19N2. The van der Waals surface area contributed by atoms with Gasteiger partial charge in [0.15, 0.2) is 0 Å². The number of hydrogen-bond acceptors (Lipinski definition) is 2. The molecule has 0 aromatic rings. The molecule has 1 saturated heterocycles. The SMILES string of the molecule is [CH2]CCCCC1CNCCN1. The maximum atomic E-state index is 3.83. The third-order valence-electron chi connectivity index (χ3n) is 2.18. The maximum Gasteiger partial charge on any atom is 0.0193 e. The van der Waals surface area contributed by atoms with Crippen LogP contribution in [0.4, 0.5) is 0 Å². The van der Waals surface area contributed by atoms with Crippen LogP contribution in [0.15, 0.2) is 0 Å². The molecule has 0 spiro atoms. The van der Waals surface area contributed by atoms with Gasteiger partial charge in [0, 0.05) is 25.7 Å². The zero-order valence-electron chi connectivity index (χ0n) is 7.23. The van der Waals surface area contributed by atoms with E-state index >= 15 is 0 Å². The van der Waals surface area contributed by atoms with Crippen molar-refractivity contribution in [2.24, 2.45) is 0 Å². The van der Waals surface area contributed by atoms with Crippen LogP contribution in [0.3, 0.4) is 0 Å². The topological polar surface area (TPSA) is 24.1 Å². The lowest BCUT2D eigenvalue weighted by Crippen LogP contribution is -2.48. The highest BCUT2D eigenvalue weighted by Gasteiger charge is 2.09. The van der Waals surface area contributed by atoms with E-state index in [-0.39, 0.29) is 0 Å². The number of piperazine rings is 1. The Kier molecular flexibility index (Phi) is 4.55. The fourth-order valence-electron chi connectivity index (χ4n) is 1.48. The van der Waals surface area contributed by atoms with Crippen LogP contribution in [0.1, 0.15) is 25.7 Å². The molecule has 2 nitrogen and oxygen atoms in total. The van der Waals surface area contributed by atoms with Gasteiger partial charge in [-0.1, -0.05) is 26.2 Å². The van der Waals surface area contributed by atoms with Crippen LogP contribution < -0.4 is 10.6 Å². The van der Waals surface area contributed by atoms with Crippen LogP contribution in [-0.2, 0) is 0 Å². The van der Waals surface area contributed by atoms with E-state index in [1.807, 2.05) is 0 Å². The highest BCUT2D eigenvalue weighted by atomic mass is 15.0. The Morgan fingerprint density at radius 3 is 2.82 bits per heavy atom. The summed E-state index contributed by atoms with van der Waals surface area (Å²) in [4.78, 5) is 0. The number of rotatable bonds is 4. The summed E-state index contributed by atoms with van der Waals surface area (Å²) in [5, 5.41) is 6.88. The van der Waals surface area contributed by atoms with Crippen molar-refractivity contribution in [3.05, 3.63) is 6.92 Å². The standard InChI is InChI=1S/C9H19N2/c1-2-3-4-5-9-8-10-6-7-11-9/h9-11H,1-8H2. The average Bonchev–Trinajstić information content (AvgIpc) is 2.07. The number of nitrogens with one attached hydrogen (secondary N) is 2. The van der Waals surface area contributed by atoms with Crippen LogP contribution in [0.5, 0.6) is 0 Å². The Morgan fingerprint density at radius 1 is 1.27 bits per heavy atom. The van der Waals surface area contributed by atoms with Gasteiger partial charge in [0.1, 0.15) is 0 Å². The number of unbranched alkanes of at least 4 members (excludes halogenated alkanes) is 2. The molecule has 1 rings (SSSR count). The molecule has 11 heavy (non-hydrogen) atoms. The van der Waals surface area contributed by atoms with Crippen LogP contribution in [-0.4, -0.2) is 25.7 Å². The summed E-state index contributed by atoms with van der Waals surface area (Å²) in [7, 11) is 0. The first-order valence-electron chi connectivity index (χ1n) is 4.67. The zero-order valence-corrected chi connectivity index (χ0v) is 7.23. The fraction of sp³-hybridized carbons (Fsp3) is 0.889. The van der Waals surface area contributed by atoms with Gasteiger partial charge in [0.2, 0.25) is 0 Å². The highest BCUT2D eigenvalue weighted by Crippen LogP contribution is 2.03. The summed E-state index contributed by atoms with van der Waals surface area (Å²) in [6.45, 7) is 7.25. The van der Waals surface area contributed by atoms with Gasteiger partial charge in [-0.15, -0.1) is 0 Å². The van der Waals surface area contributed by atoms with Gasteiger partial charge in [-0.2, -0.15) is 0 Å². The molecular weight excluding hydrogens is 136 g/mol. The highest BCUT2D eigenvalue weighted by molar-refractivity contribution is 4.74. The molecule has 0 amide bonds. The summed E-state index contributed by atoms with van der Waals surface area (Å²) in [5.41, 5.74) is 0. The van der Waals surface area contributed by atoms with Gasteiger partial charge in [0.05, 0.1) is 0 Å². The molecule has 1 unspecified atom stereocenters. The van der Waals surface area contributed by atoms with Crippen molar-refractivity contribution in [1.29, 1.82) is 0 Å². The zero-order chi connectivity index (χ0) is 7.94. The third-order valence-corrected chi connectivity index (χ3v) is 2.18. The van der Waals surface area contributed by atoms with Gasteiger partial charge in [0.25, 0.3) is 0 Å². The Bertz CT molecular complexity index is 87.6. The predicted octanol–water partition coefficient (Wildman–Crippen LogP) is 0.942. The summed E-state index contributed by atoms with van der Waals surface area (Å²) < 4.78 is 0. The Hall–Kier alpha value is -0.0800. The minimum absolute atomic E-state index is 0.718. The normalized spacial score (nSPS) is 25.4. The second-order valence-corrected chi connectivity index (χ2v) is 3.20. The molecule has 1 atom stereocenters. The molecule has 2 N–H and O–H groups in total. The Morgan fingerprint density at radius 2 is 2.18 bits per heavy atom. The van der Waals surface area contributed by atoms with Gasteiger partial charge >= 0.3 is 0 Å². The van der Waals surface area contributed by atoms with Crippen LogP contribution >= 0.6 is 0 Å². The molecule has 0 aromatic carbocycles. The van der Waals surface area contributed by atoms with E-state index in [2.05, 4.69) is 17.6 Å². The van der Waals surface area contributed by atoms with E-state index in [0.717, 1.165) is 32.1 Å². The van der Waals surface area contributed by atoms with Crippen molar-refractivity contribution in [1.82, 2.24) is 10.6 Å². The van der Waals surface area contributed by atoms with Crippen molar-refractivity contribution >= 4 is 0 Å². The first-order valence-corrected chi connectivity index (χ1v) is 4.67. The van der Waals surface area contributed by atoms with Gasteiger partial charge in [-0.3, -0.25) is 0 Å². The van der Waals surface area contributed by atoms with Crippen molar-refractivity contribution in [3.8, 4) is 0 Å². The van der Waals surface area contributed by atoms with Crippen LogP contribution in [0.2, 0.25) is 0 Å². The van der Waals surface area contributed by atoms with Crippen LogP contribution in [0.25, 0.3) is 0 Å². The van der Waals surface area contributed by atoms with Crippen molar-refractivity contribution < 1.29 is 0 Å². The van der Waals surface area contributed by atoms with E-state index in [1.54, 1.807) is 0 Å². The Balaban J connectivity index is 1.96. The lowest BCUT2D eigenvalue weighted by Gasteiger charge is -2.24. The van der Waals surface area contributed by atoms with E-state index in [1.165, 1.54) is 19.3 Å². The van der Waals surface area contributed by atoms with E-state index in [4.69, 9.17) is 0 Å². The lowest BCUT2D eigenvalue weighted by molar-refractivity contribution is 0.389. The first kappa shape index (κ1) is 9.01. The molecule has 1 heterocycles. The molecule has 65 valence electrons. The van der Waals surface area contributed by atoms with E-state index in [9.17, 15) is 0 Å². The molecule has 1 radical (unpaired) electrons. The second-order valence-electron chi connectivity index (χ2n) is 3.20. The van der Waals surface area contributed by atoms with Gasteiger partial charge < -0.3 is 10.6 Å². The lowest BCUT2D eigenvalue weighted by atomic mass is 10.1. The van der Waals surface area contributed by atoms with Crippen molar-refractivity contribution in [3.63, 3.8) is 0 Å². The molecule has 1 fully saturated rings. The predicted molar refractivity (Wildman–Crippen MR) is 48.5 cm³/mol. The molecule has 0 aromatic heterocycles. The average molecular weight is 155 g/mol. The minimum atomic E-state index is 0.718. The molecule has 0 bridgehead atoms. The number of hydrogen-bond donors (Lipinski definition) is 2. The molecule has 1 aliphatic heterocycles. The van der Waals surface area contributed by atoms with Gasteiger partial charge in [-0.05, 0) is 6.42 Å². The monoisotopic (exact) mass is 155 g/mol. The molecule has 0 aliphatic carbocycles. The summed E-state index contributed by atoms with van der Waals surface area (Å²) in [6, 6.07) is 0.718. The second kappa shape index (κ2) is 5.56. The summed E-state index contributed by atoms with van der Waals surface area (Å²) in [6.07, 6.45) is 4.99. The molecule has 2 heteroatoms. The summed E-state index contributed by atoms with van der Waals surface area (Å²) >= 11 is 0. The third kappa shape index (κ3) is 3.73. The van der Waals surface area contributed by atoms with Crippen molar-refractivity contribution in [2.75, 3.05) is 19.6 Å². The smallest absolute Gasteiger partial charge is 0.0193 e. The summed E-state index contributed by atoms with van der Waals surface area (Å²) in [5.74, 6) is 0. The molecule has 1 aliphatic rings. The van der Waals surface area contributed by atoms with Crippen molar-refractivity contribution in [2.45, 2.75) is 31.7 Å². The van der Waals surface area contributed by atoms with Crippen LogP contribution in [0, 0.1) is 6.92 Å². The van der Waals surface area contributed by atoms with Gasteiger partial charge in [-0.25, -0.2) is 0 Å². The first-order chi connectivity index (χ1) is 5.43. The maximum absolute atomic E-state index is 3.83. The van der Waals surface area contributed by atoms with E-state index < -0.39 is 0 Å². The minimum Gasteiger partial charge on any atom is -0.314 e. The quantitative estimate of drug-likeness (QED) is 0.590. The largest absolute Gasteiger partial charge is 0.314 e. The fourth-order valence-corrected chi connectivity index (χ4v) is 1.48. The van der Waals surface area contributed by atoms with E-state index in [0.29, 0.717) is 0 Å². The Labute approximate surface area is 69.8 Å².